The SMILES string of the molecule is CC/C=C\C/C=C\C/C=C\C/C=C\C/C=C\CCCCCCCCCCCCCCCC(=O)OC(CO)COC(=O)CCCCCCCCCC/C=C\C/C=C\C/C=C\C/C=C\CC. The molecule has 0 aromatic heterocycles. The van der Waals surface area contributed by atoms with E-state index >= 15 is 0 Å². The summed E-state index contributed by atoms with van der Waals surface area (Å²) in [7, 11) is 0. The van der Waals surface area contributed by atoms with Crippen LogP contribution in [0.15, 0.2) is 109 Å². The molecule has 0 amide bonds. The number of ether oxygens (including phenoxy) is 2. The second-order valence-electron chi connectivity index (χ2n) is 17.2. The minimum absolute atomic E-state index is 0.0756. The molecule has 0 saturated carbocycles. The minimum Gasteiger partial charge on any atom is -0.462 e. The van der Waals surface area contributed by atoms with Gasteiger partial charge in [0, 0.05) is 12.8 Å². The minimum atomic E-state index is -0.783. The number of rotatable bonds is 47. The maximum absolute atomic E-state index is 12.3. The average Bonchev–Trinajstić information content (AvgIpc) is 3.30. The van der Waals surface area contributed by atoms with Gasteiger partial charge in [0.25, 0.3) is 0 Å². The molecule has 5 heteroatoms. The van der Waals surface area contributed by atoms with Gasteiger partial charge in [-0.15, -0.1) is 0 Å². The molecule has 0 aliphatic rings. The largest absolute Gasteiger partial charge is 0.462 e. The Morgan fingerprint density at radius 1 is 0.359 bits per heavy atom. The number of carbonyl (C=O) groups is 2. The van der Waals surface area contributed by atoms with Crippen LogP contribution in [0.1, 0.15) is 232 Å². The lowest BCUT2D eigenvalue weighted by Crippen LogP contribution is -2.28. The van der Waals surface area contributed by atoms with E-state index in [0.717, 1.165) is 103 Å². The van der Waals surface area contributed by atoms with Crippen molar-refractivity contribution in [2.45, 2.75) is 238 Å². The maximum atomic E-state index is 12.3. The third-order valence-corrected chi connectivity index (χ3v) is 11.1. The molecule has 0 aromatic rings. The average molecular weight is 887 g/mol. The fourth-order valence-corrected chi connectivity index (χ4v) is 7.16. The van der Waals surface area contributed by atoms with Crippen molar-refractivity contribution in [2.75, 3.05) is 13.2 Å². The number of hydrogen-bond acceptors (Lipinski definition) is 5. The van der Waals surface area contributed by atoms with Crippen molar-refractivity contribution in [3.8, 4) is 0 Å². The highest BCUT2D eigenvalue weighted by Gasteiger charge is 2.16. The molecular formula is C59H98O5. The quantitative estimate of drug-likeness (QED) is 0.0374. The first-order valence-corrected chi connectivity index (χ1v) is 26.4. The molecule has 1 N–H and O–H groups in total. The smallest absolute Gasteiger partial charge is 0.306 e. The van der Waals surface area contributed by atoms with Gasteiger partial charge in [0.1, 0.15) is 6.61 Å². The van der Waals surface area contributed by atoms with E-state index in [1.807, 2.05) is 0 Å². The highest BCUT2D eigenvalue weighted by atomic mass is 16.6. The number of esters is 2. The van der Waals surface area contributed by atoms with Crippen LogP contribution < -0.4 is 0 Å². The van der Waals surface area contributed by atoms with Crippen molar-refractivity contribution in [1.82, 2.24) is 0 Å². The summed E-state index contributed by atoms with van der Waals surface area (Å²) in [4.78, 5) is 24.5. The van der Waals surface area contributed by atoms with E-state index < -0.39 is 6.10 Å². The Bertz CT molecular complexity index is 1280. The van der Waals surface area contributed by atoms with E-state index in [1.165, 1.54) is 103 Å². The van der Waals surface area contributed by atoms with Crippen molar-refractivity contribution in [1.29, 1.82) is 0 Å². The van der Waals surface area contributed by atoms with Gasteiger partial charge < -0.3 is 14.6 Å². The summed E-state index contributed by atoms with van der Waals surface area (Å²) in [6.07, 6.45) is 77.5. The van der Waals surface area contributed by atoms with E-state index in [-0.39, 0.29) is 25.2 Å². The summed E-state index contributed by atoms with van der Waals surface area (Å²) < 4.78 is 10.7. The first-order valence-electron chi connectivity index (χ1n) is 26.4. The Labute approximate surface area is 395 Å². The van der Waals surface area contributed by atoms with E-state index in [0.29, 0.717) is 12.8 Å². The maximum Gasteiger partial charge on any atom is 0.306 e. The molecule has 0 radical (unpaired) electrons. The molecule has 0 fully saturated rings. The van der Waals surface area contributed by atoms with Crippen LogP contribution in [0.3, 0.4) is 0 Å². The summed E-state index contributed by atoms with van der Waals surface area (Å²) in [5.41, 5.74) is 0. The molecule has 0 aromatic carbocycles. The summed E-state index contributed by atoms with van der Waals surface area (Å²) >= 11 is 0. The third kappa shape index (κ3) is 51.2. The van der Waals surface area contributed by atoms with Crippen LogP contribution >= 0.6 is 0 Å². The molecule has 0 bridgehead atoms. The Hall–Kier alpha value is -3.44. The van der Waals surface area contributed by atoms with Gasteiger partial charge in [-0.05, 0) is 96.3 Å². The monoisotopic (exact) mass is 887 g/mol. The van der Waals surface area contributed by atoms with Gasteiger partial charge in [0.2, 0.25) is 0 Å². The molecule has 0 aliphatic carbocycles. The molecule has 1 unspecified atom stereocenters. The normalized spacial score (nSPS) is 13.1. The fraction of sp³-hybridized carbons (Fsp3) is 0.661. The summed E-state index contributed by atoms with van der Waals surface area (Å²) in [6, 6.07) is 0. The van der Waals surface area contributed by atoms with E-state index in [2.05, 4.69) is 123 Å². The summed E-state index contributed by atoms with van der Waals surface area (Å²) in [6.45, 7) is 3.91. The number of aliphatic hydroxyl groups excluding tert-OH is 1. The lowest BCUT2D eigenvalue weighted by Gasteiger charge is -2.15. The van der Waals surface area contributed by atoms with Crippen LogP contribution in [-0.4, -0.2) is 36.4 Å². The molecule has 0 rings (SSSR count). The molecule has 0 saturated heterocycles. The van der Waals surface area contributed by atoms with Crippen LogP contribution in [0.5, 0.6) is 0 Å². The van der Waals surface area contributed by atoms with Crippen LogP contribution in [0.2, 0.25) is 0 Å². The van der Waals surface area contributed by atoms with Gasteiger partial charge in [-0.3, -0.25) is 9.59 Å². The number of carbonyl (C=O) groups excluding carboxylic acids is 2. The van der Waals surface area contributed by atoms with E-state index in [9.17, 15) is 14.7 Å². The van der Waals surface area contributed by atoms with Gasteiger partial charge in [0.05, 0.1) is 6.61 Å². The standard InChI is InChI=1S/C59H98O5/c1-3-5-7-9-11-13-15-17-19-21-23-25-26-27-28-29-30-31-32-34-36-38-40-42-44-46-48-50-52-54-59(62)64-57(55-60)56-63-58(61)53-51-49-47-45-43-41-39-37-35-33-24-22-20-18-16-14-12-10-8-6-4-2/h5-8,11-14,17-20,23-25,27-28,33,57,60H,3-4,9-10,15-16,21-22,26,29-32,34-56H2,1-2H3/b7-5-,8-6-,13-11-,14-12-,19-17-,20-18-,25-23-,28-27-,33-24-. The zero-order chi connectivity index (χ0) is 46.3. The molecule has 64 heavy (non-hydrogen) atoms. The molecule has 0 aliphatic heterocycles. The van der Waals surface area contributed by atoms with Crippen LogP contribution in [-0.2, 0) is 19.1 Å². The zero-order valence-corrected chi connectivity index (χ0v) is 41.5. The lowest BCUT2D eigenvalue weighted by atomic mass is 10.0. The Kier molecular flexibility index (Phi) is 51.0. The zero-order valence-electron chi connectivity index (χ0n) is 41.5. The third-order valence-electron chi connectivity index (χ3n) is 11.1. The second kappa shape index (κ2) is 53.9. The first kappa shape index (κ1) is 60.6. The van der Waals surface area contributed by atoms with Crippen molar-refractivity contribution in [3.05, 3.63) is 109 Å². The van der Waals surface area contributed by atoms with Gasteiger partial charge >= 0.3 is 11.9 Å². The second-order valence-corrected chi connectivity index (χ2v) is 17.2. The van der Waals surface area contributed by atoms with Gasteiger partial charge in [-0.2, -0.15) is 0 Å². The van der Waals surface area contributed by atoms with Crippen LogP contribution in [0.25, 0.3) is 0 Å². The van der Waals surface area contributed by atoms with Crippen molar-refractivity contribution < 1.29 is 24.2 Å². The number of unbranched alkanes of at least 4 members (excludes halogenated alkanes) is 21. The molecular weight excluding hydrogens is 789 g/mol. The topological polar surface area (TPSA) is 72.8 Å². The van der Waals surface area contributed by atoms with E-state index in [1.54, 1.807) is 0 Å². The molecule has 0 heterocycles. The number of hydrogen-bond donors (Lipinski definition) is 1. The predicted molar refractivity (Wildman–Crippen MR) is 279 cm³/mol. The van der Waals surface area contributed by atoms with Gasteiger partial charge in [-0.1, -0.05) is 232 Å². The molecule has 1 atom stereocenters. The van der Waals surface area contributed by atoms with Crippen molar-refractivity contribution in [3.63, 3.8) is 0 Å². The molecule has 364 valence electrons. The summed E-state index contributed by atoms with van der Waals surface area (Å²) in [5, 5.41) is 9.64. The fourth-order valence-electron chi connectivity index (χ4n) is 7.16. The van der Waals surface area contributed by atoms with Crippen LogP contribution in [0.4, 0.5) is 0 Å². The lowest BCUT2D eigenvalue weighted by molar-refractivity contribution is -0.161. The Morgan fingerprint density at radius 3 is 0.938 bits per heavy atom. The number of allylic oxidation sites excluding steroid dienone is 18. The van der Waals surface area contributed by atoms with Crippen molar-refractivity contribution in [2.24, 2.45) is 0 Å². The van der Waals surface area contributed by atoms with E-state index in [4.69, 9.17) is 9.47 Å². The predicted octanol–water partition coefficient (Wildman–Crippen LogP) is 17.7. The van der Waals surface area contributed by atoms with Crippen LogP contribution in [0, 0.1) is 0 Å². The molecule has 5 nitrogen and oxygen atoms in total. The number of aliphatic hydroxyl groups is 1. The highest BCUT2D eigenvalue weighted by molar-refractivity contribution is 5.70. The summed E-state index contributed by atoms with van der Waals surface area (Å²) in [5.74, 6) is -0.604. The van der Waals surface area contributed by atoms with Gasteiger partial charge in [-0.25, -0.2) is 0 Å². The Balaban J connectivity index is 3.54. The highest BCUT2D eigenvalue weighted by Crippen LogP contribution is 2.15. The Morgan fingerprint density at radius 2 is 0.625 bits per heavy atom. The van der Waals surface area contributed by atoms with Gasteiger partial charge in [0.15, 0.2) is 6.10 Å². The first-order chi connectivity index (χ1) is 31.6. The molecule has 0 spiro atoms. The van der Waals surface area contributed by atoms with Crippen molar-refractivity contribution >= 4 is 11.9 Å².